The summed E-state index contributed by atoms with van der Waals surface area (Å²) >= 11 is 1.48. The second-order valence-electron chi connectivity index (χ2n) is 8.03. The van der Waals surface area contributed by atoms with Crippen LogP contribution in [0.2, 0.25) is 0 Å². The van der Waals surface area contributed by atoms with Crippen LogP contribution in [-0.2, 0) is 29.1 Å². The summed E-state index contributed by atoms with van der Waals surface area (Å²) in [4.78, 5) is 31.4. The Kier molecular flexibility index (Phi) is 4.50. The van der Waals surface area contributed by atoms with E-state index in [1.165, 1.54) is 27.4 Å². The van der Waals surface area contributed by atoms with Gasteiger partial charge in [0.15, 0.2) is 11.5 Å². The van der Waals surface area contributed by atoms with Crippen molar-refractivity contribution in [2.24, 2.45) is 0 Å². The van der Waals surface area contributed by atoms with Gasteiger partial charge in [-0.05, 0) is 46.7 Å². The summed E-state index contributed by atoms with van der Waals surface area (Å²) in [7, 11) is 0. The lowest BCUT2D eigenvalue weighted by Crippen LogP contribution is -2.37. The van der Waals surface area contributed by atoms with Gasteiger partial charge in [0, 0.05) is 18.0 Å². The van der Waals surface area contributed by atoms with Crippen molar-refractivity contribution in [3.8, 4) is 11.5 Å². The third-order valence-corrected chi connectivity index (χ3v) is 7.02. The van der Waals surface area contributed by atoms with Crippen LogP contribution in [0.3, 0.4) is 0 Å². The molecule has 3 aliphatic rings. The van der Waals surface area contributed by atoms with Crippen LogP contribution in [0.25, 0.3) is 5.57 Å². The molecule has 0 unspecified atom stereocenters. The Morgan fingerprint density at radius 2 is 1.75 bits per heavy atom. The molecule has 0 saturated heterocycles. The quantitative estimate of drug-likeness (QED) is 0.573. The van der Waals surface area contributed by atoms with E-state index in [9.17, 15) is 9.59 Å². The molecule has 3 aromatic rings. The van der Waals surface area contributed by atoms with Gasteiger partial charge in [-0.1, -0.05) is 36.4 Å². The van der Waals surface area contributed by atoms with E-state index in [0.29, 0.717) is 35.9 Å². The average molecular weight is 445 g/mol. The number of fused-ring (bicyclic) bond motifs is 2. The summed E-state index contributed by atoms with van der Waals surface area (Å²) in [6.45, 7) is 1.71. The maximum Gasteiger partial charge on any atom is 0.278 e. The summed E-state index contributed by atoms with van der Waals surface area (Å²) in [6, 6.07) is 17.6. The van der Waals surface area contributed by atoms with Crippen LogP contribution in [-0.4, -0.2) is 35.0 Å². The van der Waals surface area contributed by atoms with Gasteiger partial charge in [0.05, 0.1) is 12.1 Å². The van der Waals surface area contributed by atoms with Gasteiger partial charge < -0.3 is 14.4 Å². The number of rotatable bonds is 4. The molecular weight excluding hydrogens is 424 g/mol. The summed E-state index contributed by atoms with van der Waals surface area (Å²) in [5, 5.41) is 1.93. The van der Waals surface area contributed by atoms with Crippen LogP contribution < -0.4 is 9.47 Å². The number of hydrogen-bond donors (Lipinski definition) is 0. The highest BCUT2D eigenvalue weighted by Crippen LogP contribution is 2.38. The van der Waals surface area contributed by atoms with Crippen molar-refractivity contribution in [1.82, 2.24) is 9.80 Å². The van der Waals surface area contributed by atoms with Gasteiger partial charge in [-0.2, -0.15) is 0 Å². The lowest BCUT2D eigenvalue weighted by atomic mass is 9.99. The van der Waals surface area contributed by atoms with Gasteiger partial charge in [-0.3, -0.25) is 14.5 Å². The van der Waals surface area contributed by atoms with Crippen molar-refractivity contribution in [2.45, 2.75) is 19.5 Å². The molecule has 160 valence electrons. The van der Waals surface area contributed by atoms with Crippen molar-refractivity contribution < 1.29 is 19.1 Å². The topological polar surface area (TPSA) is 59.1 Å². The fourth-order valence-electron chi connectivity index (χ4n) is 4.55. The number of imide groups is 1. The van der Waals surface area contributed by atoms with Gasteiger partial charge in [-0.15, -0.1) is 11.3 Å². The summed E-state index contributed by atoms with van der Waals surface area (Å²) in [6.07, 6.45) is 0.848. The predicted octanol–water partition coefficient (Wildman–Crippen LogP) is 3.82. The molecule has 0 N–H and O–H groups in total. The number of carbonyl (C=O) groups is 2. The van der Waals surface area contributed by atoms with Crippen LogP contribution in [0.5, 0.6) is 11.5 Å². The minimum absolute atomic E-state index is 0.186. The molecular formula is C25H20N2O4S. The summed E-state index contributed by atoms with van der Waals surface area (Å²) in [5.41, 5.74) is 4.34. The molecule has 6 nitrogen and oxygen atoms in total. The molecule has 7 heteroatoms. The number of carbonyl (C=O) groups excluding carboxylic acids is 2. The molecule has 6 rings (SSSR count). The molecule has 0 atom stereocenters. The number of thiophene rings is 1. The van der Waals surface area contributed by atoms with Gasteiger partial charge in [0.2, 0.25) is 6.79 Å². The molecule has 32 heavy (non-hydrogen) atoms. The van der Waals surface area contributed by atoms with Crippen molar-refractivity contribution >= 4 is 28.7 Å². The van der Waals surface area contributed by atoms with Crippen LogP contribution in [0, 0.1) is 0 Å². The minimum atomic E-state index is -0.246. The van der Waals surface area contributed by atoms with Crippen molar-refractivity contribution in [1.29, 1.82) is 0 Å². The number of nitrogens with zero attached hydrogens (tertiary/aromatic N) is 2. The monoisotopic (exact) mass is 444 g/mol. The van der Waals surface area contributed by atoms with E-state index < -0.39 is 0 Å². The fraction of sp³-hybridized carbons (Fsp3) is 0.200. The fourth-order valence-corrected chi connectivity index (χ4v) is 5.31. The Balaban J connectivity index is 1.35. The molecule has 4 heterocycles. The Hall–Kier alpha value is -3.58. The molecule has 1 aromatic heterocycles. The van der Waals surface area contributed by atoms with E-state index in [2.05, 4.69) is 17.0 Å². The highest BCUT2D eigenvalue weighted by atomic mass is 32.1. The second kappa shape index (κ2) is 7.53. The molecule has 2 amide bonds. The maximum atomic E-state index is 13.6. The van der Waals surface area contributed by atoms with Crippen molar-refractivity contribution in [3.05, 3.63) is 87.2 Å². The zero-order valence-electron chi connectivity index (χ0n) is 17.2. The average Bonchev–Trinajstić information content (AvgIpc) is 3.55. The Morgan fingerprint density at radius 1 is 0.906 bits per heavy atom. The zero-order valence-corrected chi connectivity index (χ0v) is 18.1. The molecule has 0 spiro atoms. The first-order valence-electron chi connectivity index (χ1n) is 10.5. The zero-order chi connectivity index (χ0) is 21.7. The van der Waals surface area contributed by atoms with E-state index in [0.717, 1.165) is 16.9 Å². The standard InChI is InChI=1S/C25H20N2O4S/c28-24-22(21-6-3-11-32-21)23(26-10-9-17-4-1-2-5-18(17)14-26)25(29)27(24)13-16-7-8-19-20(12-16)31-15-30-19/h1-8,11-12H,9-10,13-15H2. The lowest BCUT2D eigenvalue weighted by molar-refractivity contribution is -0.138. The molecule has 3 aliphatic heterocycles. The van der Waals surface area contributed by atoms with E-state index in [4.69, 9.17) is 9.47 Å². The Morgan fingerprint density at radius 3 is 2.59 bits per heavy atom. The van der Waals surface area contributed by atoms with E-state index >= 15 is 0 Å². The second-order valence-corrected chi connectivity index (χ2v) is 8.97. The minimum Gasteiger partial charge on any atom is -0.454 e. The van der Waals surface area contributed by atoms with Crippen molar-refractivity contribution in [2.75, 3.05) is 13.3 Å². The molecule has 0 fully saturated rings. The largest absolute Gasteiger partial charge is 0.454 e. The highest BCUT2D eigenvalue weighted by Gasteiger charge is 2.42. The number of ether oxygens (including phenoxy) is 2. The Bertz CT molecular complexity index is 1260. The van der Waals surface area contributed by atoms with Crippen LogP contribution >= 0.6 is 11.3 Å². The molecule has 0 saturated carbocycles. The first-order valence-corrected chi connectivity index (χ1v) is 11.4. The normalized spacial score (nSPS) is 17.4. The highest BCUT2D eigenvalue weighted by molar-refractivity contribution is 7.11. The third-order valence-electron chi connectivity index (χ3n) is 6.14. The Labute approximate surface area is 189 Å². The van der Waals surface area contributed by atoms with Crippen molar-refractivity contribution in [3.63, 3.8) is 0 Å². The molecule has 0 radical (unpaired) electrons. The molecule has 2 aromatic carbocycles. The molecule has 0 aliphatic carbocycles. The SMILES string of the molecule is O=C1C(c2cccs2)=C(N2CCc3ccccc3C2)C(=O)N1Cc1ccc2c(c1)OCO2. The lowest BCUT2D eigenvalue weighted by Gasteiger charge is -2.31. The van der Waals surface area contributed by atoms with Crippen LogP contribution in [0.15, 0.2) is 65.7 Å². The first kappa shape index (κ1) is 19.1. The van der Waals surface area contributed by atoms with Gasteiger partial charge in [0.25, 0.3) is 11.8 Å². The van der Waals surface area contributed by atoms with Crippen LogP contribution in [0.4, 0.5) is 0 Å². The van der Waals surface area contributed by atoms with Gasteiger partial charge in [0.1, 0.15) is 5.70 Å². The third kappa shape index (κ3) is 3.08. The summed E-state index contributed by atoms with van der Waals surface area (Å²) in [5.74, 6) is 0.832. The molecule has 0 bridgehead atoms. The van der Waals surface area contributed by atoms with E-state index in [1.807, 2.05) is 47.8 Å². The van der Waals surface area contributed by atoms with Gasteiger partial charge in [-0.25, -0.2) is 0 Å². The maximum absolute atomic E-state index is 13.6. The van der Waals surface area contributed by atoms with Crippen LogP contribution in [0.1, 0.15) is 21.6 Å². The number of amides is 2. The first-order chi connectivity index (χ1) is 15.7. The number of benzene rings is 2. The van der Waals surface area contributed by atoms with E-state index in [-0.39, 0.29) is 25.2 Å². The van der Waals surface area contributed by atoms with E-state index in [1.54, 1.807) is 0 Å². The smallest absolute Gasteiger partial charge is 0.278 e. The summed E-state index contributed by atoms with van der Waals surface area (Å²) < 4.78 is 10.8. The number of hydrogen-bond acceptors (Lipinski definition) is 6. The predicted molar refractivity (Wildman–Crippen MR) is 120 cm³/mol. The van der Waals surface area contributed by atoms with Gasteiger partial charge >= 0.3 is 0 Å².